The summed E-state index contributed by atoms with van der Waals surface area (Å²) in [5.74, 6) is 2.01. The van der Waals surface area contributed by atoms with E-state index in [1.165, 1.54) is 32.1 Å². The molecule has 116 valence electrons. The van der Waals surface area contributed by atoms with Crippen molar-refractivity contribution in [2.75, 3.05) is 31.1 Å². The Morgan fingerprint density at radius 3 is 2.52 bits per heavy atom. The number of hydrogen-bond donors (Lipinski definition) is 0. The van der Waals surface area contributed by atoms with Crippen LogP contribution in [0.5, 0.6) is 0 Å². The van der Waals surface area contributed by atoms with Gasteiger partial charge in [-0.1, -0.05) is 19.3 Å². The lowest BCUT2D eigenvalue weighted by atomic mass is 9.86. The number of aromatic nitrogens is 2. The van der Waals surface area contributed by atoms with Crippen molar-refractivity contribution in [3.05, 3.63) is 12.4 Å². The lowest BCUT2D eigenvalue weighted by Crippen LogP contribution is -2.49. The molecule has 1 saturated carbocycles. The molecule has 2 heterocycles. The highest BCUT2D eigenvalue weighted by Crippen LogP contribution is 2.27. The summed E-state index contributed by atoms with van der Waals surface area (Å²) in [5, 5.41) is 0. The first-order valence-corrected chi connectivity index (χ1v) is 8.24. The van der Waals surface area contributed by atoms with Gasteiger partial charge in [-0.3, -0.25) is 4.79 Å². The summed E-state index contributed by atoms with van der Waals surface area (Å²) < 4.78 is 2.04. The van der Waals surface area contributed by atoms with Gasteiger partial charge in [0.15, 0.2) is 0 Å². The second-order valence-electron chi connectivity index (χ2n) is 6.41. The van der Waals surface area contributed by atoms with Crippen LogP contribution in [0.2, 0.25) is 0 Å². The number of piperazine rings is 1. The minimum absolute atomic E-state index is 0.362. The predicted octanol–water partition coefficient (Wildman–Crippen LogP) is 2.04. The Morgan fingerprint density at radius 1 is 1.19 bits per heavy atom. The third-order valence-electron chi connectivity index (χ3n) is 4.90. The number of amides is 1. The van der Waals surface area contributed by atoms with Crippen LogP contribution in [0.3, 0.4) is 0 Å². The van der Waals surface area contributed by atoms with E-state index in [-0.39, 0.29) is 0 Å². The maximum Gasteiger partial charge on any atom is 0.222 e. The minimum Gasteiger partial charge on any atom is -0.339 e. The first-order chi connectivity index (χ1) is 10.2. The Labute approximate surface area is 126 Å². The van der Waals surface area contributed by atoms with Crippen molar-refractivity contribution in [1.29, 1.82) is 0 Å². The number of carbonyl (C=O) groups excluding carboxylic acids is 1. The van der Waals surface area contributed by atoms with E-state index < -0.39 is 0 Å². The fourth-order valence-electron chi connectivity index (χ4n) is 3.59. The maximum absolute atomic E-state index is 12.4. The maximum atomic E-state index is 12.4. The summed E-state index contributed by atoms with van der Waals surface area (Å²) in [4.78, 5) is 21.1. The summed E-state index contributed by atoms with van der Waals surface area (Å²) >= 11 is 0. The third kappa shape index (κ3) is 3.39. The van der Waals surface area contributed by atoms with E-state index in [0.717, 1.165) is 38.5 Å². The van der Waals surface area contributed by atoms with E-state index >= 15 is 0 Å². The van der Waals surface area contributed by atoms with Crippen LogP contribution in [0.1, 0.15) is 38.5 Å². The number of nitrogens with zero attached hydrogens (tertiary/aromatic N) is 4. The second kappa shape index (κ2) is 6.50. The first kappa shape index (κ1) is 14.4. The van der Waals surface area contributed by atoms with Gasteiger partial charge >= 0.3 is 0 Å². The Bertz CT molecular complexity index is 470. The molecule has 0 unspecified atom stereocenters. The smallest absolute Gasteiger partial charge is 0.222 e. The van der Waals surface area contributed by atoms with E-state index in [1.807, 2.05) is 28.9 Å². The molecule has 0 spiro atoms. The van der Waals surface area contributed by atoms with Gasteiger partial charge < -0.3 is 14.4 Å². The first-order valence-electron chi connectivity index (χ1n) is 8.24. The van der Waals surface area contributed by atoms with Crippen molar-refractivity contribution >= 4 is 11.9 Å². The molecule has 1 saturated heterocycles. The summed E-state index contributed by atoms with van der Waals surface area (Å²) in [6, 6.07) is 0. The van der Waals surface area contributed by atoms with Crippen molar-refractivity contribution in [1.82, 2.24) is 14.5 Å². The minimum atomic E-state index is 0.362. The molecule has 1 aromatic rings. The molecule has 21 heavy (non-hydrogen) atoms. The number of rotatable bonds is 3. The van der Waals surface area contributed by atoms with Crippen LogP contribution in [0.15, 0.2) is 12.4 Å². The Kier molecular flexibility index (Phi) is 4.46. The molecule has 0 N–H and O–H groups in total. The van der Waals surface area contributed by atoms with E-state index in [9.17, 15) is 4.79 Å². The molecule has 5 heteroatoms. The predicted molar refractivity (Wildman–Crippen MR) is 83.2 cm³/mol. The van der Waals surface area contributed by atoms with Gasteiger partial charge in [-0.05, 0) is 18.8 Å². The van der Waals surface area contributed by atoms with Crippen LogP contribution in [0.25, 0.3) is 0 Å². The number of anilines is 1. The van der Waals surface area contributed by atoms with Gasteiger partial charge in [0.25, 0.3) is 0 Å². The van der Waals surface area contributed by atoms with Crippen LogP contribution < -0.4 is 4.90 Å². The van der Waals surface area contributed by atoms with E-state index in [1.54, 1.807) is 0 Å². The molecule has 1 aliphatic carbocycles. The quantitative estimate of drug-likeness (QED) is 0.855. The molecule has 2 aliphatic rings. The van der Waals surface area contributed by atoms with Gasteiger partial charge in [-0.15, -0.1) is 0 Å². The van der Waals surface area contributed by atoms with Crippen molar-refractivity contribution < 1.29 is 4.79 Å². The molecular formula is C16H26N4O. The molecule has 0 bridgehead atoms. The molecule has 1 amide bonds. The van der Waals surface area contributed by atoms with Crippen molar-refractivity contribution in [3.8, 4) is 0 Å². The number of aryl methyl sites for hydroxylation is 1. The van der Waals surface area contributed by atoms with E-state index in [4.69, 9.17) is 0 Å². The molecule has 1 aromatic heterocycles. The number of hydrogen-bond acceptors (Lipinski definition) is 3. The largest absolute Gasteiger partial charge is 0.339 e. The topological polar surface area (TPSA) is 41.4 Å². The highest BCUT2D eigenvalue weighted by Gasteiger charge is 2.25. The van der Waals surface area contributed by atoms with Crippen LogP contribution in [0.4, 0.5) is 5.95 Å². The van der Waals surface area contributed by atoms with Crippen molar-refractivity contribution in [2.24, 2.45) is 13.0 Å². The average Bonchev–Trinajstić information content (AvgIpc) is 2.94. The molecule has 3 rings (SSSR count). The van der Waals surface area contributed by atoms with Gasteiger partial charge in [-0.25, -0.2) is 4.98 Å². The lowest BCUT2D eigenvalue weighted by Gasteiger charge is -2.36. The zero-order valence-electron chi connectivity index (χ0n) is 13.0. The molecule has 0 aromatic carbocycles. The fourth-order valence-corrected chi connectivity index (χ4v) is 3.59. The second-order valence-corrected chi connectivity index (χ2v) is 6.41. The Hall–Kier alpha value is -1.52. The molecule has 0 radical (unpaired) electrons. The number of imidazole rings is 1. The highest BCUT2D eigenvalue weighted by atomic mass is 16.2. The van der Waals surface area contributed by atoms with Gasteiger partial charge in [0, 0.05) is 52.0 Å². The molecule has 1 aliphatic heterocycles. The monoisotopic (exact) mass is 290 g/mol. The fraction of sp³-hybridized carbons (Fsp3) is 0.750. The SMILES string of the molecule is Cn1ccnc1N1CCN(C(=O)CC2CCCCC2)CC1. The van der Waals surface area contributed by atoms with E-state index in [0.29, 0.717) is 11.8 Å². The Balaban J connectivity index is 1.48. The average molecular weight is 290 g/mol. The van der Waals surface area contributed by atoms with Crippen LogP contribution >= 0.6 is 0 Å². The summed E-state index contributed by atoms with van der Waals surface area (Å²) in [6.45, 7) is 3.44. The van der Waals surface area contributed by atoms with Crippen LogP contribution in [-0.2, 0) is 11.8 Å². The molecular weight excluding hydrogens is 264 g/mol. The number of carbonyl (C=O) groups is 1. The third-order valence-corrected chi connectivity index (χ3v) is 4.90. The van der Waals surface area contributed by atoms with Gasteiger partial charge in [0.2, 0.25) is 11.9 Å². The summed E-state index contributed by atoms with van der Waals surface area (Å²) in [6.07, 6.45) is 11.0. The van der Waals surface area contributed by atoms with Crippen LogP contribution in [0, 0.1) is 5.92 Å². The zero-order chi connectivity index (χ0) is 14.7. The van der Waals surface area contributed by atoms with Crippen LogP contribution in [-0.4, -0.2) is 46.5 Å². The summed E-state index contributed by atoms with van der Waals surface area (Å²) in [5.41, 5.74) is 0. The normalized spacial score (nSPS) is 20.8. The van der Waals surface area contributed by atoms with Crippen molar-refractivity contribution in [2.45, 2.75) is 38.5 Å². The molecule has 2 fully saturated rings. The van der Waals surface area contributed by atoms with Crippen molar-refractivity contribution in [3.63, 3.8) is 0 Å². The van der Waals surface area contributed by atoms with Gasteiger partial charge in [0.05, 0.1) is 0 Å². The summed E-state index contributed by atoms with van der Waals surface area (Å²) in [7, 11) is 2.02. The zero-order valence-corrected chi connectivity index (χ0v) is 13.0. The highest BCUT2D eigenvalue weighted by molar-refractivity contribution is 5.76. The Morgan fingerprint density at radius 2 is 1.90 bits per heavy atom. The standard InChI is InChI=1S/C16H26N4O/c1-18-8-7-17-16(18)20-11-9-19(10-12-20)15(21)13-14-5-3-2-4-6-14/h7-8,14H,2-6,9-13H2,1H3. The molecule has 0 atom stereocenters. The van der Waals surface area contributed by atoms with Gasteiger partial charge in [0.1, 0.15) is 0 Å². The lowest BCUT2D eigenvalue weighted by molar-refractivity contribution is -0.132. The molecule has 5 nitrogen and oxygen atoms in total. The van der Waals surface area contributed by atoms with Gasteiger partial charge in [-0.2, -0.15) is 0 Å². The van der Waals surface area contributed by atoms with E-state index in [2.05, 4.69) is 9.88 Å².